The topological polar surface area (TPSA) is 74.2 Å². The van der Waals surface area contributed by atoms with E-state index < -0.39 is 5.60 Å². The first-order chi connectivity index (χ1) is 10.6. The first-order valence-electron chi connectivity index (χ1n) is 7.42. The second kappa shape index (κ2) is 6.46. The maximum Gasteiger partial charge on any atom is 0.319 e. The monoisotopic (exact) mass is 317 g/mol. The van der Waals surface area contributed by atoms with Crippen molar-refractivity contribution in [2.75, 3.05) is 11.9 Å². The van der Waals surface area contributed by atoms with Crippen LogP contribution < -0.4 is 10.6 Å². The molecule has 1 aliphatic rings. The smallest absolute Gasteiger partial charge is 0.319 e. The van der Waals surface area contributed by atoms with Crippen LogP contribution in [0.5, 0.6) is 0 Å². The summed E-state index contributed by atoms with van der Waals surface area (Å²) in [5.74, 6) is 0. The number of aromatic nitrogens is 1. The summed E-state index contributed by atoms with van der Waals surface area (Å²) in [7, 11) is 0. The van der Waals surface area contributed by atoms with Crippen molar-refractivity contribution in [3.63, 3.8) is 0 Å². The summed E-state index contributed by atoms with van der Waals surface area (Å²) in [6, 6.07) is 7.27. The third kappa shape index (κ3) is 3.64. The lowest BCUT2D eigenvalue weighted by Crippen LogP contribution is -2.42. The molecule has 3 N–H and O–H groups in total. The molecule has 2 aromatic rings. The van der Waals surface area contributed by atoms with Crippen molar-refractivity contribution in [2.24, 2.45) is 0 Å². The molecule has 22 heavy (non-hydrogen) atoms. The molecule has 1 aliphatic carbocycles. The Balaban J connectivity index is 1.53. The van der Waals surface area contributed by atoms with Gasteiger partial charge in [0, 0.05) is 29.4 Å². The fourth-order valence-corrected chi connectivity index (χ4v) is 3.34. The number of benzene rings is 1. The van der Waals surface area contributed by atoms with Crippen LogP contribution in [0.25, 0.3) is 10.6 Å². The number of hydrogen-bond acceptors (Lipinski definition) is 4. The van der Waals surface area contributed by atoms with Crippen molar-refractivity contribution in [1.29, 1.82) is 0 Å². The molecule has 5 nitrogen and oxygen atoms in total. The molecule has 2 amide bonds. The Labute approximate surface area is 133 Å². The highest BCUT2D eigenvalue weighted by Crippen LogP contribution is 2.28. The molecule has 0 bridgehead atoms. The van der Waals surface area contributed by atoms with Crippen LogP contribution in [0, 0.1) is 0 Å². The molecule has 116 valence electrons. The van der Waals surface area contributed by atoms with Gasteiger partial charge in [-0.2, -0.15) is 0 Å². The van der Waals surface area contributed by atoms with Crippen molar-refractivity contribution >= 4 is 23.1 Å². The van der Waals surface area contributed by atoms with Crippen LogP contribution in [0.4, 0.5) is 10.5 Å². The van der Waals surface area contributed by atoms with E-state index in [2.05, 4.69) is 15.6 Å². The van der Waals surface area contributed by atoms with Crippen LogP contribution in [-0.2, 0) is 0 Å². The van der Waals surface area contributed by atoms with Gasteiger partial charge in [-0.3, -0.25) is 0 Å². The molecule has 3 rings (SSSR count). The van der Waals surface area contributed by atoms with Gasteiger partial charge >= 0.3 is 6.03 Å². The number of hydrogen-bond donors (Lipinski definition) is 3. The lowest BCUT2D eigenvalue weighted by atomic mass is 10.0. The second-order valence-corrected chi connectivity index (χ2v) is 6.55. The Morgan fingerprint density at radius 3 is 2.64 bits per heavy atom. The highest BCUT2D eigenvalue weighted by atomic mass is 32.1. The first-order valence-corrected chi connectivity index (χ1v) is 8.30. The van der Waals surface area contributed by atoms with Gasteiger partial charge in [-0.25, -0.2) is 9.78 Å². The molecule has 0 aliphatic heterocycles. The van der Waals surface area contributed by atoms with Gasteiger partial charge in [0.25, 0.3) is 0 Å². The molecule has 1 aromatic carbocycles. The van der Waals surface area contributed by atoms with E-state index in [4.69, 9.17) is 0 Å². The van der Waals surface area contributed by atoms with E-state index in [1.165, 1.54) is 0 Å². The summed E-state index contributed by atoms with van der Waals surface area (Å²) in [5.41, 5.74) is 1.02. The molecular formula is C16H19N3O2S. The molecule has 0 saturated heterocycles. The molecule has 0 atom stereocenters. The first kappa shape index (κ1) is 15.0. The average Bonchev–Trinajstić information content (AvgIpc) is 3.18. The molecule has 6 heteroatoms. The largest absolute Gasteiger partial charge is 0.388 e. The third-order valence-electron chi connectivity index (χ3n) is 3.93. The molecule has 0 unspecified atom stereocenters. The maximum absolute atomic E-state index is 11.9. The van der Waals surface area contributed by atoms with Gasteiger partial charge in [-0.15, -0.1) is 11.3 Å². The fraction of sp³-hybridized carbons (Fsp3) is 0.375. The number of urea groups is 1. The highest BCUT2D eigenvalue weighted by Gasteiger charge is 2.31. The van der Waals surface area contributed by atoms with Gasteiger partial charge < -0.3 is 15.7 Å². The number of nitrogens with zero attached hydrogens (tertiary/aromatic N) is 1. The lowest BCUT2D eigenvalue weighted by molar-refractivity contribution is 0.0506. The SMILES string of the molecule is O=C(NCC1(O)CCCC1)Nc1ccc(-c2nccs2)cc1. The minimum absolute atomic E-state index is 0.290. The summed E-state index contributed by atoms with van der Waals surface area (Å²) in [6.45, 7) is 0.302. The Bertz CT molecular complexity index is 619. The van der Waals surface area contributed by atoms with Gasteiger partial charge in [0.1, 0.15) is 5.01 Å². The van der Waals surface area contributed by atoms with E-state index >= 15 is 0 Å². The molecular weight excluding hydrogens is 298 g/mol. The van der Waals surface area contributed by atoms with E-state index in [-0.39, 0.29) is 6.03 Å². The van der Waals surface area contributed by atoms with Crippen LogP contribution >= 0.6 is 11.3 Å². The normalized spacial score (nSPS) is 16.4. The van der Waals surface area contributed by atoms with Crippen molar-refractivity contribution in [1.82, 2.24) is 10.3 Å². The lowest BCUT2D eigenvalue weighted by Gasteiger charge is -2.22. The zero-order chi connectivity index (χ0) is 15.4. The molecule has 1 saturated carbocycles. The Hall–Kier alpha value is -1.92. The predicted molar refractivity (Wildman–Crippen MR) is 88.0 cm³/mol. The van der Waals surface area contributed by atoms with Crippen molar-refractivity contribution in [3.05, 3.63) is 35.8 Å². The molecule has 1 aromatic heterocycles. The predicted octanol–water partition coefficient (Wildman–Crippen LogP) is 3.24. The Morgan fingerprint density at radius 1 is 1.27 bits per heavy atom. The molecule has 1 fully saturated rings. The van der Waals surface area contributed by atoms with Crippen LogP contribution in [-0.4, -0.2) is 28.3 Å². The van der Waals surface area contributed by atoms with E-state index in [1.807, 2.05) is 29.6 Å². The third-order valence-corrected chi connectivity index (χ3v) is 4.76. The number of anilines is 1. The van der Waals surface area contributed by atoms with Gasteiger partial charge in [-0.1, -0.05) is 12.8 Å². The summed E-state index contributed by atoms with van der Waals surface area (Å²) in [5, 5.41) is 18.6. The highest BCUT2D eigenvalue weighted by molar-refractivity contribution is 7.13. The molecule has 0 spiro atoms. The number of amides is 2. The number of carbonyl (C=O) groups is 1. The van der Waals surface area contributed by atoms with Crippen LogP contribution in [0.3, 0.4) is 0 Å². The average molecular weight is 317 g/mol. The van der Waals surface area contributed by atoms with Crippen molar-refractivity contribution in [3.8, 4) is 10.6 Å². The van der Waals surface area contributed by atoms with Gasteiger partial charge in [0.2, 0.25) is 0 Å². The van der Waals surface area contributed by atoms with Crippen LogP contribution in [0.1, 0.15) is 25.7 Å². The Kier molecular flexibility index (Phi) is 4.40. The van der Waals surface area contributed by atoms with Gasteiger partial charge in [0.15, 0.2) is 0 Å². The fourth-order valence-electron chi connectivity index (χ4n) is 2.69. The summed E-state index contributed by atoms with van der Waals surface area (Å²) in [4.78, 5) is 16.1. The summed E-state index contributed by atoms with van der Waals surface area (Å²) < 4.78 is 0. The van der Waals surface area contributed by atoms with Crippen LogP contribution in [0.15, 0.2) is 35.8 Å². The maximum atomic E-state index is 11.9. The Morgan fingerprint density at radius 2 is 2.00 bits per heavy atom. The van der Waals surface area contributed by atoms with E-state index in [0.29, 0.717) is 6.54 Å². The minimum atomic E-state index is -0.730. The zero-order valence-electron chi connectivity index (χ0n) is 12.2. The number of rotatable bonds is 4. The molecule has 0 radical (unpaired) electrons. The quantitative estimate of drug-likeness (QED) is 0.810. The molecule has 1 heterocycles. The minimum Gasteiger partial charge on any atom is -0.388 e. The zero-order valence-corrected chi connectivity index (χ0v) is 13.0. The van der Waals surface area contributed by atoms with Gasteiger partial charge in [0.05, 0.1) is 5.60 Å². The summed E-state index contributed by atoms with van der Waals surface area (Å²) >= 11 is 1.58. The van der Waals surface area contributed by atoms with E-state index in [1.54, 1.807) is 17.5 Å². The van der Waals surface area contributed by atoms with Gasteiger partial charge in [-0.05, 0) is 37.1 Å². The standard InChI is InChI=1S/C16H19N3O2S/c20-15(18-11-16(21)7-1-2-8-16)19-13-5-3-12(4-6-13)14-17-9-10-22-14/h3-6,9-10,21H,1-2,7-8,11H2,(H2,18,19,20). The number of thiazole rings is 1. The van der Waals surface area contributed by atoms with Crippen LogP contribution in [0.2, 0.25) is 0 Å². The number of carbonyl (C=O) groups excluding carboxylic acids is 1. The number of aliphatic hydroxyl groups is 1. The second-order valence-electron chi connectivity index (χ2n) is 5.65. The summed E-state index contributed by atoms with van der Waals surface area (Å²) in [6.07, 6.45) is 5.34. The van der Waals surface area contributed by atoms with Crippen molar-refractivity contribution in [2.45, 2.75) is 31.3 Å². The number of nitrogens with one attached hydrogen (secondary N) is 2. The van der Waals surface area contributed by atoms with E-state index in [9.17, 15) is 9.90 Å². The van der Waals surface area contributed by atoms with Crippen molar-refractivity contribution < 1.29 is 9.90 Å². The van der Waals surface area contributed by atoms with E-state index in [0.717, 1.165) is 41.9 Å².